The van der Waals surface area contributed by atoms with Gasteiger partial charge in [-0.1, -0.05) is 0 Å². The Balaban J connectivity index is 2.02. The SMILES string of the molecule is Cc1cc(CNC(=O)c2cncc(Br)c2)c(C)o1. The van der Waals surface area contributed by atoms with Gasteiger partial charge in [-0.2, -0.15) is 0 Å². The lowest BCUT2D eigenvalue weighted by Crippen LogP contribution is -2.23. The Labute approximate surface area is 114 Å². The van der Waals surface area contributed by atoms with Gasteiger partial charge in [0.15, 0.2) is 0 Å². The highest BCUT2D eigenvalue weighted by Crippen LogP contribution is 2.14. The van der Waals surface area contributed by atoms with E-state index in [0.717, 1.165) is 21.6 Å². The number of furan rings is 1. The van der Waals surface area contributed by atoms with E-state index in [4.69, 9.17) is 4.42 Å². The van der Waals surface area contributed by atoms with Crippen LogP contribution in [-0.4, -0.2) is 10.9 Å². The topological polar surface area (TPSA) is 55.1 Å². The second-order valence-electron chi connectivity index (χ2n) is 4.01. The standard InChI is InChI=1S/C13H13BrN2O2/c1-8-3-10(9(2)18-8)6-16-13(17)11-4-12(14)7-15-5-11/h3-5,7H,6H2,1-2H3,(H,16,17). The van der Waals surface area contributed by atoms with Crippen molar-refractivity contribution in [1.29, 1.82) is 0 Å². The van der Waals surface area contributed by atoms with E-state index < -0.39 is 0 Å². The number of rotatable bonds is 3. The average molecular weight is 309 g/mol. The van der Waals surface area contributed by atoms with Crippen LogP contribution < -0.4 is 5.32 Å². The third kappa shape index (κ3) is 2.98. The van der Waals surface area contributed by atoms with Crippen LogP contribution in [0, 0.1) is 13.8 Å². The first-order valence-corrected chi connectivity index (χ1v) is 6.30. The van der Waals surface area contributed by atoms with Crippen LogP contribution in [0.4, 0.5) is 0 Å². The highest BCUT2D eigenvalue weighted by atomic mass is 79.9. The first-order chi connectivity index (χ1) is 8.56. The number of carbonyl (C=O) groups is 1. The van der Waals surface area contributed by atoms with Gasteiger partial charge in [-0.25, -0.2) is 0 Å². The molecule has 5 heteroatoms. The molecule has 0 aliphatic rings. The van der Waals surface area contributed by atoms with Crippen LogP contribution in [0.3, 0.4) is 0 Å². The van der Waals surface area contributed by atoms with Crippen LogP contribution in [0.2, 0.25) is 0 Å². The largest absolute Gasteiger partial charge is 0.466 e. The lowest BCUT2D eigenvalue weighted by Gasteiger charge is -2.04. The molecule has 2 rings (SSSR count). The molecular weight excluding hydrogens is 296 g/mol. The van der Waals surface area contributed by atoms with E-state index in [-0.39, 0.29) is 5.91 Å². The number of halogens is 1. The molecule has 0 aliphatic carbocycles. The number of carbonyl (C=O) groups excluding carboxylic acids is 1. The molecule has 2 aromatic heterocycles. The van der Waals surface area contributed by atoms with E-state index in [0.29, 0.717) is 12.1 Å². The molecule has 0 saturated heterocycles. The zero-order chi connectivity index (χ0) is 13.1. The third-order valence-corrected chi connectivity index (χ3v) is 2.98. The number of aryl methyl sites for hydroxylation is 2. The summed E-state index contributed by atoms with van der Waals surface area (Å²) < 4.78 is 6.18. The molecule has 2 aromatic rings. The lowest BCUT2D eigenvalue weighted by atomic mass is 10.2. The van der Waals surface area contributed by atoms with Crippen molar-refractivity contribution in [2.75, 3.05) is 0 Å². The molecule has 1 amide bonds. The highest BCUT2D eigenvalue weighted by molar-refractivity contribution is 9.10. The van der Waals surface area contributed by atoms with Crippen molar-refractivity contribution in [2.45, 2.75) is 20.4 Å². The van der Waals surface area contributed by atoms with Crippen molar-refractivity contribution in [2.24, 2.45) is 0 Å². The summed E-state index contributed by atoms with van der Waals surface area (Å²) in [6.45, 7) is 4.22. The summed E-state index contributed by atoms with van der Waals surface area (Å²) in [5.74, 6) is 1.53. The molecule has 0 atom stereocenters. The molecule has 0 unspecified atom stereocenters. The number of pyridine rings is 1. The molecule has 18 heavy (non-hydrogen) atoms. The second-order valence-corrected chi connectivity index (χ2v) is 4.93. The van der Waals surface area contributed by atoms with Crippen LogP contribution in [0.15, 0.2) is 33.4 Å². The minimum Gasteiger partial charge on any atom is -0.466 e. The molecular formula is C13H13BrN2O2. The molecule has 4 nitrogen and oxygen atoms in total. The lowest BCUT2D eigenvalue weighted by molar-refractivity contribution is 0.0950. The minimum absolute atomic E-state index is 0.151. The van der Waals surface area contributed by atoms with Crippen LogP contribution in [0.25, 0.3) is 0 Å². The summed E-state index contributed by atoms with van der Waals surface area (Å²) >= 11 is 3.28. The maximum atomic E-state index is 11.9. The fourth-order valence-electron chi connectivity index (χ4n) is 1.67. The van der Waals surface area contributed by atoms with E-state index in [1.165, 1.54) is 6.20 Å². The minimum atomic E-state index is -0.151. The first kappa shape index (κ1) is 12.8. The normalized spacial score (nSPS) is 10.4. The molecule has 0 fully saturated rings. The number of amides is 1. The van der Waals surface area contributed by atoms with Crippen molar-refractivity contribution in [3.8, 4) is 0 Å². The van der Waals surface area contributed by atoms with Crippen LogP contribution in [0.1, 0.15) is 27.4 Å². The zero-order valence-electron chi connectivity index (χ0n) is 10.2. The summed E-state index contributed by atoms with van der Waals surface area (Å²) in [6.07, 6.45) is 3.17. The molecule has 0 radical (unpaired) electrons. The zero-order valence-corrected chi connectivity index (χ0v) is 11.7. The summed E-state index contributed by atoms with van der Waals surface area (Å²) in [6, 6.07) is 3.66. The maximum Gasteiger partial charge on any atom is 0.253 e. The first-order valence-electron chi connectivity index (χ1n) is 5.51. The Bertz CT molecular complexity index is 578. The van der Waals surface area contributed by atoms with E-state index >= 15 is 0 Å². The summed E-state index contributed by atoms with van der Waals surface area (Å²) in [5, 5.41) is 2.84. The van der Waals surface area contributed by atoms with Gasteiger partial charge in [0.05, 0.1) is 5.56 Å². The Hall–Kier alpha value is -1.62. The monoisotopic (exact) mass is 308 g/mol. The van der Waals surface area contributed by atoms with Gasteiger partial charge in [-0.05, 0) is 41.9 Å². The van der Waals surface area contributed by atoms with Crippen LogP contribution in [0.5, 0.6) is 0 Å². The van der Waals surface area contributed by atoms with Gasteiger partial charge >= 0.3 is 0 Å². The molecule has 0 saturated carbocycles. The van der Waals surface area contributed by atoms with Gasteiger partial charge in [0, 0.05) is 29.0 Å². The van der Waals surface area contributed by atoms with Crippen LogP contribution in [-0.2, 0) is 6.54 Å². The molecule has 0 aromatic carbocycles. The maximum absolute atomic E-state index is 11.9. The highest BCUT2D eigenvalue weighted by Gasteiger charge is 2.09. The summed E-state index contributed by atoms with van der Waals surface area (Å²) in [5.41, 5.74) is 1.52. The van der Waals surface area contributed by atoms with Gasteiger partial charge in [-0.15, -0.1) is 0 Å². The number of nitrogens with one attached hydrogen (secondary N) is 1. The fraction of sp³-hybridized carbons (Fsp3) is 0.231. The molecule has 0 spiro atoms. The Morgan fingerprint density at radius 2 is 2.17 bits per heavy atom. The molecule has 0 bridgehead atoms. The van der Waals surface area contributed by atoms with Crippen molar-refractivity contribution in [3.63, 3.8) is 0 Å². The van der Waals surface area contributed by atoms with Gasteiger partial charge in [0.2, 0.25) is 0 Å². The predicted octanol–water partition coefficient (Wildman–Crippen LogP) is 2.98. The molecule has 0 aliphatic heterocycles. The third-order valence-electron chi connectivity index (χ3n) is 2.55. The van der Waals surface area contributed by atoms with E-state index in [1.807, 2.05) is 19.9 Å². The van der Waals surface area contributed by atoms with E-state index in [1.54, 1.807) is 12.3 Å². The summed E-state index contributed by atoms with van der Waals surface area (Å²) in [7, 11) is 0. The number of aromatic nitrogens is 1. The molecule has 1 N–H and O–H groups in total. The summed E-state index contributed by atoms with van der Waals surface area (Å²) in [4.78, 5) is 15.8. The van der Waals surface area contributed by atoms with Gasteiger partial charge < -0.3 is 9.73 Å². The van der Waals surface area contributed by atoms with Crippen molar-refractivity contribution >= 4 is 21.8 Å². The van der Waals surface area contributed by atoms with Gasteiger partial charge in [0.1, 0.15) is 11.5 Å². The molecule has 2 heterocycles. The Kier molecular flexibility index (Phi) is 3.81. The number of nitrogens with zero attached hydrogens (tertiary/aromatic N) is 1. The predicted molar refractivity (Wildman–Crippen MR) is 71.3 cm³/mol. The average Bonchev–Trinajstić information content (AvgIpc) is 2.65. The quantitative estimate of drug-likeness (QED) is 0.948. The van der Waals surface area contributed by atoms with Crippen molar-refractivity contribution in [1.82, 2.24) is 10.3 Å². The van der Waals surface area contributed by atoms with Crippen molar-refractivity contribution in [3.05, 3.63) is 51.6 Å². The Morgan fingerprint density at radius 3 is 2.78 bits per heavy atom. The second kappa shape index (κ2) is 5.35. The van der Waals surface area contributed by atoms with Crippen LogP contribution >= 0.6 is 15.9 Å². The van der Waals surface area contributed by atoms with Crippen molar-refractivity contribution < 1.29 is 9.21 Å². The fourth-order valence-corrected chi connectivity index (χ4v) is 2.04. The number of hydrogen-bond donors (Lipinski definition) is 1. The van der Waals surface area contributed by atoms with Gasteiger partial charge in [0.25, 0.3) is 5.91 Å². The van der Waals surface area contributed by atoms with Gasteiger partial charge in [-0.3, -0.25) is 9.78 Å². The number of hydrogen-bond acceptors (Lipinski definition) is 3. The smallest absolute Gasteiger partial charge is 0.253 e. The van der Waals surface area contributed by atoms with E-state index in [9.17, 15) is 4.79 Å². The Morgan fingerprint density at radius 1 is 1.39 bits per heavy atom. The van der Waals surface area contributed by atoms with E-state index in [2.05, 4.69) is 26.2 Å². The molecule has 94 valence electrons.